The van der Waals surface area contributed by atoms with E-state index in [0.29, 0.717) is 39.1 Å². The summed E-state index contributed by atoms with van der Waals surface area (Å²) in [7, 11) is 0. The highest BCUT2D eigenvalue weighted by atomic mass is 32.2. The summed E-state index contributed by atoms with van der Waals surface area (Å²) in [5, 5.41) is 16.1. The normalized spacial score (nSPS) is 10.7. The van der Waals surface area contributed by atoms with Crippen LogP contribution in [0.15, 0.2) is 88.7 Å². The van der Waals surface area contributed by atoms with E-state index in [0.717, 1.165) is 24.6 Å². The number of aromatic nitrogens is 2. The number of hydrogen-bond donors (Lipinski definition) is 0. The van der Waals surface area contributed by atoms with Crippen molar-refractivity contribution < 1.29 is 19.2 Å². The highest BCUT2D eigenvalue weighted by Crippen LogP contribution is 2.42. The molecule has 0 atom stereocenters. The number of carbonyl (C=O) groups excluding carboxylic acids is 1. The second kappa shape index (κ2) is 11.5. The molecular formula is C27H25N3O5S. The van der Waals surface area contributed by atoms with Crippen LogP contribution in [-0.4, -0.2) is 27.3 Å². The minimum Gasteiger partial charge on any atom is -0.494 e. The smallest absolute Gasteiger partial charge is 0.344 e. The van der Waals surface area contributed by atoms with Crippen LogP contribution >= 0.6 is 11.8 Å². The zero-order chi connectivity index (χ0) is 25.5. The average molecular weight is 504 g/mol. The van der Waals surface area contributed by atoms with E-state index in [9.17, 15) is 14.9 Å². The monoisotopic (exact) mass is 503 g/mol. The molecule has 1 heterocycles. The number of nitro groups is 1. The summed E-state index contributed by atoms with van der Waals surface area (Å²) < 4.78 is 13.1. The van der Waals surface area contributed by atoms with Crippen molar-refractivity contribution in [3.05, 3.63) is 100 Å². The fourth-order valence-electron chi connectivity index (χ4n) is 3.42. The van der Waals surface area contributed by atoms with Crippen LogP contribution in [0.5, 0.6) is 11.6 Å². The second-order valence-corrected chi connectivity index (χ2v) is 8.96. The number of nitrogens with zero attached hydrogens (tertiary/aromatic N) is 3. The SMILES string of the molecule is CCCCOc1ccc(C(=O)Oc2c(Sc3ccccc3[N+](=O)[O-])c(C)nn2-c2ccccc2)cc1. The first kappa shape index (κ1) is 25.0. The third kappa shape index (κ3) is 5.75. The van der Waals surface area contributed by atoms with Gasteiger partial charge in [0.25, 0.3) is 5.69 Å². The second-order valence-electron chi connectivity index (χ2n) is 7.91. The van der Waals surface area contributed by atoms with Gasteiger partial charge in [0.1, 0.15) is 5.75 Å². The number of para-hydroxylation sites is 2. The molecule has 184 valence electrons. The van der Waals surface area contributed by atoms with Gasteiger partial charge in [0.2, 0.25) is 5.88 Å². The molecule has 8 nitrogen and oxygen atoms in total. The molecule has 0 N–H and O–H groups in total. The Labute approximate surface area is 213 Å². The maximum atomic E-state index is 13.1. The summed E-state index contributed by atoms with van der Waals surface area (Å²) in [6.07, 6.45) is 1.98. The van der Waals surface area contributed by atoms with Crippen molar-refractivity contribution in [2.45, 2.75) is 36.5 Å². The van der Waals surface area contributed by atoms with Gasteiger partial charge in [-0.25, -0.2) is 4.79 Å². The van der Waals surface area contributed by atoms with Gasteiger partial charge >= 0.3 is 5.97 Å². The molecule has 36 heavy (non-hydrogen) atoms. The third-order valence-corrected chi connectivity index (χ3v) is 6.53. The number of esters is 1. The number of carbonyl (C=O) groups is 1. The Morgan fingerprint density at radius 2 is 1.72 bits per heavy atom. The highest BCUT2D eigenvalue weighted by molar-refractivity contribution is 7.99. The average Bonchev–Trinajstić information content (AvgIpc) is 3.20. The lowest BCUT2D eigenvalue weighted by Crippen LogP contribution is -2.12. The van der Waals surface area contributed by atoms with Crippen molar-refractivity contribution in [1.29, 1.82) is 0 Å². The third-order valence-electron chi connectivity index (χ3n) is 5.29. The molecule has 4 aromatic rings. The minimum atomic E-state index is -0.573. The van der Waals surface area contributed by atoms with Crippen LogP contribution in [0.3, 0.4) is 0 Å². The van der Waals surface area contributed by atoms with Gasteiger partial charge in [-0.2, -0.15) is 9.78 Å². The summed E-state index contributed by atoms with van der Waals surface area (Å²) in [5.41, 5.74) is 1.57. The lowest BCUT2D eigenvalue weighted by molar-refractivity contribution is -0.387. The van der Waals surface area contributed by atoms with Crippen molar-refractivity contribution in [3.8, 4) is 17.3 Å². The van der Waals surface area contributed by atoms with Gasteiger partial charge in [0.05, 0.1) is 38.3 Å². The lowest BCUT2D eigenvalue weighted by atomic mass is 10.2. The van der Waals surface area contributed by atoms with E-state index in [4.69, 9.17) is 9.47 Å². The van der Waals surface area contributed by atoms with Crippen LogP contribution in [0.2, 0.25) is 0 Å². The first-order valence-corrected chi connectivity index (χ1v) is 12.3. The summed E-state index contributed by atoms with van der Waals surface area (Å²) in [4.78, 5) is 25.2. The Morgan fingerprint density at radius 3 is 2.42 bits per heavy atom. The van der Waals surface area contributed by atoms with Crippen LogP contribution in [0.1, 0.15) is 35.8 Å². The van der Waals surface area contributed by atoms with Crippen LogP contribution in [0, 0.1) is 17.0 Å². The van der Waals surface area contributed by atoms with Crippen molar-refractivity contribution in [1.82, 2.24) is 9.78 Å². The van der Waals surface area contributed by atoms with Gasteiger partial charge in [0, 0.05) is 6.07 Å². The fourth-order valence-corrected chi connectivity index (χ4v) is 4.43. The Balaban J connectivity index is 1.68. The van der Waals surface area contributed by atoms with E-state index in [1.807, 2.05) is 30.3 Å². The molecule has 4 rings (SSSR count). The highest BCUT2D eigenvalue weighted by Gasteiger charge is 2.25. The molecule has 0 radical (unpaired) electrons. The molecule has 0 unspecified atom stereocenters. The van der Waals surface area contributed by atoms with Gasteiger partial charge in [0.15, 0.2) is 0 Å². The maximum Gasteiger partial charge on any atom is 0.344 e. The first-order valence-electron chi connectivity index (χ1n) is 11.5. The number of ether oxygens (including phenoxy) is 2. The number of nitro benzene ring substituents is 1. The minimum absolute atomic E-state index is 0.0368. The summed E-state index contributed by atoms with van der Waals surface area (Å²) in [6.45, 7) is 4.48. The van der Waals surface area contributed by atoms with Crippen molar-refractivity contribution in [2.75, 3.05) is 6.61 Å². The maximum absolute atomic E-state index is 13.1. The predicted octanol–water partition coefficient (Wildman–Crippen LogP) is 6.64. The predicted molar refractivity (Wildman–Crippen MR) is 137 cm³/mol. The zero-order valence-corrected chi connectivity index (χ0v) is 20.7. The molecule has 0 aliphatic carbocycles. The summed E-state index contributed by atoms with van der Waals surface area (Å²) in [5.74, 6) is 0.296. The first-order chi connectivity index (χ1) is 17.5. The van der Waals surface area contributed by atoms with E-state index >= 15 is 0 Å². The molecule has 3 aromatic carbocycles. The lowest BCUT2D eigenvalue weighted by Gasteiger charge is -2.11. The molecule has 1 aromatic heterocycles. The van der Waals surface area contributed by atoms with Crippen molar-refractivity contribution in [2.24, 2.45) is 0 Å². The molecule has 0 saturated heterocycles. The van der Waals surface area contributed by atoms with Gasteiger partial charge in [-0.15, -0.1) is 0 Å². The van der Waals surface area contributed by atoms with E-state index in [2.05, 4.69) is 12.0 Å². The topological polar surface area (TPSA) is 96.5 Å². The van der Waals surface area contributed by atoms with E-state index < -0.39 is 10.9 Å². The standard InChI is InChI=1S/C27H25N3O5S/c1-3-4-18-34-22-16-14-20(15-17-22)27(31)35-26-25(36-24-13-9-8-12-23(24)30(32)33)19(2)28-29(26)21-10-6-5-7-11-21/h5-17H,3-4,18H2,1-2H3. The van der Waals surface area contributed by atoms with Crippen LogP contribution in [0.4, 0.5) is 5.69 Å². The number of hydrogen-bond acceptors (Lipinski definition) is 7. The Hall–Kier alpha value is -4.11. The quantitative estimate of drug-likeness (QED) is 0.104. The molecule has 0 saturated carbocycles. The van der Waals surface area contributed by atoms with Gasteiger partial charge in [-0.1, -0.05) is 55.4 Å². The molecule has 9 heteroatoms. The molecule has 0 bridgehead atoms. The van der Waals surface area contributed by atoms with E-state index in [-0.39, 0.29) is 11.6 Å². The Kier molecular flexibility index (Phi) is 8.02. The number of rotatable bonds is 10. The van der Waals surface area contributed by atoms with E-state index in [1.165, 1.54) is 10.7 Å². The van der Waals surface area contributed by atoms with Crippen LogP contribution in [0.25, 0.3) is 5.69 Å². The molecule has 0 aliphatic rings. The number of aryl methyl sites for hydroxylation is 1. The molecule has 0 fully saturated rings. The fraction of sp³-hybridized carbons (Fsp3) is 0.185. The summed E-state index contributed by atoms with van der Waals surface area (Å²) in [6, 6.07) is 22.4. The van der Waals surface area contributed by atoms with Crippen molar-refractivity contribution >= 4 is 23.4 Å². The number of benzene rings is 3. The van der Waals surface area contributed by atoms with Crippen LogP contribution < -0.4 is 9.47 Å². The van der Waals surface area contributed by atoms with Crippen LogP contribution in [-0.2, 0) is 0 Å². The zero-order valence-electron chi connectivity index (χ0n) is 19.9. The largest absolute Gasteiger partial charge is 0.494 e. The Bertz CT molecular complexity index is 1350. The van der Waals surface area contributed by atoms with Crippen molar-refractivity contribution in [3.63, 3.8) is 0 Å². The molecule has 0 aliphatic heterocycles. The molecule has 0 spiro atoms. The van der Waals surface area contributed by atoms with Gasteiger partial charge < -0.3 is 9.47 Å². The molecular weight excluding hydrogens is 478 g/mol. The number of unbranched alkanes of at least 4 members (excludes halogenated alkanes) is 1. The summed E-state index contributed by atoms with van der Waals surface area (Å²) >= 11 is 1.14. The molecule has 0 amide bonds. The van der Waals surface area contributed by atoms with Gasteiger partial charge in [-0.05, 0) is 55.8 Å². The van der Waals surface area contributed by atoms with E-state index in [1.54, 1.807) is 49.4 Å². The Morgan fingerprint density at radius 1 is 1.03 bits per heavy atom. The van der Waals surface area contributed by atoms with Gasteiger partial charge in [-0.3, -0.25) is 10.1 Å².